The highest BCUT2D eigenvalue weighted by Crippen LogP contribution is 2.32. The lowest BCUT2D eigenvalue weighted by Gasteiger charge is -2.11. The molecule has 1 amide bonds. The van der Waals surface area contributed by atoms with Crippen molar-refractivity contribution < 1.29 is 26.4 Å². The van der Waals surface area contributed by atoms with Crippen LogP contribution >= 0.6 is 0 Å². The summed E-state index contributed by atoms with van der Waals surface area (Å²) in [5.74, 6) is -0.526. The van der Waals surface area contributed by atoms with Gasteiger partial charge in [-0.25, -0.2) is 13.1 Å². The average molecular weight is 435 g/mol. The highest BCUT2D eigenvalue weighted by Gasteiger charge is 2.31. The normalized spacial score (nSPS) is 14.6. The van der Waals surface area contributed by atoms with Gasteiger partial charge in [0, 0.05) is 23.2 Å². The second-order valence-electron chi connectivity index (χ2n) is 6.96. The molecule has 3 aromatic rings. The number of sulfonamides is 1. The van der Waals surface area contributed by atoms with E-state index >= 15 is 0 Å². The molecule has 0 atom stereocenters. The van der Waals surface area contributed by atoms with E-state index in [1.54, 1.807) is 0 Å². The van der Waals surface area contributed by atoms with Crippen LogP contribution in [0.3, 0.4) is 0 Å². The summed E-state index contributed by atoms with van der Waals surface area (Å²) < 4.78 is 65.6. The Kier molecular flexibility index (Phi) is 4.99. The summed E-state index contributed by atoms with van der Waals surface area (Å²) in [6, 6.07) is 9.95. The van der Waals surface area contributed by atoms with Gasteiger partial charge in [-0.3, -0.25) is 9.78 Å². The van der Waals surface area contributed by atoms with Gasteiger partial charge in [-0.1, -0.05) is 6.07 Å². The van der Waals surface area contributed by atoms with E-state index in [9.17, 15) is 26.4 Å². The molecular weight excluding hydrogens is 419 g/mol. The van der Waals surface area contributed by atoms with Gasteiger partial charge < -0.3 is 5.32 Å². The largest absolute Gasteiger partial charge is 0.416 e. The molecule has 1 fully saturated rings. The first-order valence-electron chi connectivity index (χ1n) is 9.03. The summed E-state index contributed by atoms with van der Waals surface area (Å²) in [5, 5.41) is 2.99. The predicted octanol–water partition coefficient (Wildman–Crippen LogP) is 3.95. The molecule has 30 heavy (non-hydrogen) atoms. The number of anilines is 1. The second kappa shape index (κ2) is 7.37. The Balaban J connectivity index is 1.55. The number of aromatic nitrogens is 1. The molecule has 0 unspecified atom stereocenters. The number of benzene rings is 2. The van der Waals surface area contributed by atoms with Gasteiger partial charge >= 0.3 is 6.18 Å². The molecule has 1 aliphatic rings. The van der Waals surface area contributed by atoms with Crippen LogP contribution in [0.1, 0.15) is 28.8 Å². The average Bonchev–Trinajstić information content (AvgIpc) is 3.50. The molecule has 0 aliphatic heterocycles. The van der Waals surface area contributed by atoms with Crippen LogP contribution in [0, 0.1) is 0 Å². The Labute approximate surface area is 170 Å². The molecule has 1 aromatic heterocycles. The van der Waals surface area contributed by atoms with Crippen LogP contribution in [-0.2, 0) is 16.2 Å². The fourth-order valence-electron chi connectivity index (χ4n) is 2.90. The van der Waals surface area contributed by atoms with Gasteiger partial charge in [-0.05, 0) is 55.3 Å². The van der Waals surface area contributed by atoms with E-state index in [4.69, 9.17) is 0 Å². The topological polar surface area (TPSA) is 88.2 Å². The van der Waals surface area contributed by atoms with Gasteiger partial charge in [-0.2, -0.15) is 13.2 Å². The molecular formula is C20H16F3N3O3S. The Bertz CT molecular complexity index is 1220. The van der Waals surface area contributed by atoms with Crippen molar-refractivity contribution in [2.45, 2.75) is 30.0 Å². The number of alkyl halides is 3. The first kappa shape index (κ1) is 20.3. The van der Waals surface area contributed by atoms with E-state index in [-0.39, 0.29) is 22.0 Å². The Morgan fingerprint density at radius 1 is 1.03 bits per heavy atom. The van der Waals surface area contributed by atoms with Gasteiger partial charge in [0.1, 0.15) is 0 Å². The summed E-state index contributed by atoms with van der Waals surface area (Å²) >= 11 is 0. The van der Waals surface area contributed by atoms with E-state index in [1.807, 2.05) is 0 Å². The zero-order chi connectivity index (χ0) is 21.5. The Hall–Kier alpha value is -2.98. The molecule has 2 aromatic carbocycles. The fraction of sp³-hybridized carbons (Fsp3) is 0.200. The minimum absolute atomic E-state index is 0.0317. The van der Waals surface area contributed by atoms with Crippen molar-refractivity contribution in [3.8, 4) is 0 Å². The van der Waals surface area contributed by atoms with Crippen molar-refractivity contribution in [2.24, 2.45) is 0 Å². The molecule has 1 saturated carbocycles. The van der Waals surface area contributed by atoms with Crippen molar-refractivity contribution in [1.29, 1.82) is 0 Å². The van der Waals surface area contributed by atoms with Crippen LogP contribution in [0.25, 0.3) is 10.9 Å². The number of pyridine rings is 1. The van der Waals surface area contributed by atoms with Crippen LogP contribution in [0.2, 0.25) is 0 Å². The zero-order valence-corrected chi connectivity index (χ0v) is 16.2. The number of rotatable bonds is 5. The standard InChI is InChI=1S/C20H16F3N3O3S/c21-20(22,23)13-3-8-16-17(9-10-24-18(16)11-13)25-19(27)12-1-6-15(7-2-12)30(28,29)26-14-4-5-14/h1-3,6-11,14,26H,4-5H2,(H,24,25,27). The summed E-state index contributed by atoms with van der Waals surface area (Å²) in [6.45, 7) is 0. The minimum atomic E-state index is -4.49. The van der Waals surface area contributed by atoms with Crippen LogP contribution in [0.4, 0.5) is 18.9 Å². The van der Waals surface area contributed by atoms with E-state index < -0.39 is 27.7 Å². The van der Waals surface area contributed by atoms with E-state index in [0.717, 1.165) is 25.0 Å². The number of carbonyl (C=O) groups is 1. The molecule has 0 bridgehead atoms. The van der Waals surface area contributed by atoms with Crippen molar-refractivity contribution in [3.05, 3.63) is 65.9 Å². The van der Waals surface area contributed by atoms with Crippen molar-refractivity contribution >= 4 is 32.5 Å². The Morgan fingerprint density at radius 2 is 1.73 bits per heavy atom. The number of fused-ring (bicyclic) bond motifs is 1. The number of hydrogen-bond donors (Lipinski definition) is 2. The summed E-state index contributed by atoms with van der Waals surface area (Å²) in [5.41, 5.74) is -0.235. The van der Waals surface area contributed by atoms with Crippen molar-refractivity contribution in [1.82, 2.24) is 9.71 Å². The van der Waals surface area contributed by atoms with Gasteiger partial charge in [0.2, 0.25) is 10.0 Å². The van der Waals surface area contributed by atoms with E-state index in [1.165, 1.54) is 42.6 Å². The maximum absolute atomic E-state index is 12.9. The number of hydrogen-bond acceptors (Lipinski definition) is 4. The van der Waals surface area contributed by atoms with Crippen LogP contribution in [-0.4, -0.2) is 25.4 Å². The highest BCUT2D eigenvalue weighted by molar-refractivity contribution is 7.89. The van der Waals surface area contributed by atoms with Crippen LogP contribution in [0.5, 0.6) is 0 Å². The number of carbonyl (C=O) groups excluding carboxylic acids is 1. The minimum Gasteiger partial charge on any atom is -0.321 e. The molecule has 4 rings (SSSR count). The molecule has 0 saturated heterocycles. The van der Waals surface area contributed by atoms with Gasteiger partial charge in [0.05, 0.1) is 21.7 Å². The quantitative estimate of drug-likeness (QED) is 0.635. The smallest absolute Gasteiger partial charge is 0.321 e. The third-order valence-electron chi connectivity index (χ3n) is 4.64. The fourth-order valence-corrected chi connectivity index (χ4v) is 4.21. The van der Waals surface area contributed by atoms with Crippen LogP contribution < -0.4 is 10.0 Å². The molecule has 6 nitrogen and oxygen atoms in total. The third-order valence-corrected chi connectivity index (χ3v) is 6.18. The first-order valence-corrected chi connectivity index (χ1v) is 10.5. The molecule has 0 radical (unpaired) electrons. The van der Waals surface area contributed by atoms with Crippen molar-refractivity contribution in [2.75, 3.05) is 5.32 Å². The zero-order valence-electron chi connectivity index (χ0n) is 15.4. The third kappa shape index (κ3) is 4.29. The maximum atomic E-state index is 12.9. The van der Waals surface area contributed by atoms with Crippen molar-refractivity contribution in [3.63, 3.8) is 0 Å². The number of amides is 1. The number of halogens is 3. The lowest BCUT2D eigenvalue weighted by molar-refractivity contribution is -0.137. The summed E-state index contributed by atoms with van der Waals surface area (Å²) in [7, 11) is -3.63. The van der Waals surface area contributed by atoms with E-state index in [0.29, 0.717) is 11.1 Å². The molecule has 2 N–H and O–H groups in total. The SMILES string of the molecule is O=C(Nc1ccnc2cc(C(F)(F)F)ccc12)c1ccc(S(=O)(=O)NC2CC2)cc1. The molecule has 156 valence electrons. The number of nitrogens with zero attached hydrogens (tertiary/aromatic N) is 1. The van der Waals surface area contributed by atoms with Gasteiger partial charge in [-0.15, -0.1) is 0 Å². The van der Waals surface area contributed by atoms with Crippen LogP contribution in [0.15, 0.2) is 59.6 Å². The summed E-state index contributed by atoms with van der Waals surface area (Å²) in [4.78, 5) is 16.6. The monoisotopic (exact) mass is 435 g/mol. The Morgan fingerprint density at radius 3 is 2.37 bits per heavy atom. The van der Waals surface area contributed by atoms with E-state index in [2.05, 4.69) is 15.0 Å². The summed E-state index contributed by atoms with van der Waals surface area (Å²) in [6.07, 6.45) is -1.57. The number of nitrogens with one attached hydrogen (secondary N) is 2. The molecule has 1 heterocycles. The molecule has 10 heteroatoms. The lowest BCUT2D eigenvalue weighted by atomic mass is 10.1. The maximum Gasteiger partial charge on any atom is 0.416 e. The van der Waals surface area contributed by atoms with Gasteiger partial charge in [0.15, 0.2) is 0 Å². The second-order valence-corrected chi connectivity index (χ2v) is 8.68. The molecule has 1 aliphatic carbocycles. The highest BCUT2D eigenvalue weighted by atomic mass is 32.2. The molecule has 0 spiro atoms. The lowest BCUT2D eigenvalue weighted by Crippen LogP contribution is -2.25. The van der Waals surface area contributed by atoms with Gasteiger partial charge in [0.25, 0.3) is 5.91 Å². The first-order chi connectivity index (χ1) is 14.1. The predicted molar refractivity (Wildman–Crippen MR) is 104 cm³/mol.